The minimum absolute atomic E-state index is 0.00414. The highest BCUT2D eigenvalue weighted by atomic mass is 16.6. The summed E-state index contributed by atoms with van der Waals surface area (Å²) in [6, 6.07) is 0. The van der Waals surface area contributed by atoms with Crippen molar-refractivity contribution in [1.29, 1.82) is 0 Å². The van der Waals surface area contributed by atoms with Gasteiger partial charge in [0.2, 0.25) is 0 Å². The number of rotatable bonds is 4. The first-order valence-corrected chi connectivity index (χ1v) is 6.15. The molecule has 1 rings (SSSR count). The Balaban J connectivity index is 2.95. The van der Waals surface area contributed by atoms with Crippen molar-refractivity contribution in [2.75, 3.05) is 13.2 Å². The molecule has 3 atom stereocenters. The van der Waals surface area contributed by atoms with Gasteiger partial charge in [-0.25, -0.2) is 0 Å². The first-order valence-electron chi connectivity index (χ1n) is 6.15. The maximum atomic E-state index is 11.2. The second kappa shape index (κ2) is 7.58. The fourth-order valence-electron chi connectivity index (χ4n) is 1.83. The second-order valence-corrected chi connectivity index (χ2v) is 4.35. The predicted molar refractivity (Wildman–Crippen MR) is 66.7 cm³/mol. The standard InChI is InChI=1S/C12H17NO8/c1-6(14)18-5-10-12(21-8(3)16)11(20-7(2)15)9(13-17)4-19-10/h10-12,17H,4-5H2,1-3H3/b13-9+/t10-,11+,12-/m1/s1. The highest BCUT2D eigenvalue weighted by Crippen LogP contribution is 2.21. The Labute approximate surface area is 120 Å². The molecule has 1 N–H and O–H groups in total. The van der Waals surface area contributed by atoms with Crippen molar-refractivity contribution in [2.45, 2.75) is 39.1 Å². The van der Waals surface area contributed by atoms with Crippen LogP contribution in [0.2, 0.25) is 0 Å². The average Bonchev–Trinajstić information content (AvgIpc) is 2.37. The van der Waals surface area contributed by atoms with Crippen molar-refractivity contribution in [1.82, 2.24) is 0 Å². The molecule has 21 heavy (non-hydrogen) atoms. The van der Waals surface area contributed by atoms with Gasteiger partial charge >= 0.3 is 17.9 Å². The van der Waals surface area contributed by atoms with Gasteiger partial charge in [-0.15, -0.1) is 0 Å². The number of carbonyl (C=O) groups excluding carboxylic acids is 3. The number of carbonyl (C=O) groups is 3. The third-order valence-corrected chi connectivity index (χ3v) is 2.61. The molecule has 0 aromatic carbocycles. The van der Waals surface area contributed by atoms with E-state index in [4.69, 9.17) is 24.2 Å². The van der Waals surface area contributed by atoms with Crippen LogP contribution >= 0.6 is 0 Å². The van der Waals surface area contributed by atoms with Gasteiger partial charge < -0.3 is 24.2 Å². The Bertz CT molecular complexity index is 447. The van der Waals surface area contributed by atoms with Gasteiger partial charge in [0.05, 0.1) is 6.61 Å². The van der Waals surface area contributed by atoms with E-state index in [2.05, 4.69) is 5.16 Å². The highest BCUT2D eigenvalue weighted by Gasteiger charge is 2.44. The Morgan fingerprint density at radius 2 is 1.81 bits per heavy atom. The molecular formula is C12H17NO8. The van der Waals surface area contributed by atoms with E-state index in [-0.39, 0.29) is 18.9 Å². The van der Waals surface area contributed by atoms with Gasteiger partial charge in [-0.1, -0.05) is 5.16 Å². The lowest BCUT2D eigenvalue weighted by molar-refractivity contribution is -0.182. The summed E-state index contributed by atoms with van der Waals surface area (Å²) < 4.78 is 20.2. The normalized spacial score (nSPS) is 27.0. The van der Waals surface area contributed by atoms with Gasteiger partial charge in [-0.2, -0.15) is 0 Å². The zero-order chi connectivity index (χ0) is 16.0. The third kappa shape index (κ3) is 5.03. The van der Waals surface area contributed by atoms with Crippen LogP contribution in [0, 0.1) is 0 Å². The number of ether oxygens (including phenoxy) is 4. The molecule has 0 aliphatic carbocycles. The minimum atomic E-state index is -1.11. The van der Waals surface area contributed by atoms with Crippen molar-refractivity contribution >= 4 is 23.6 Å². The molecule has 0 aromatic rings. The van der Waals surface area contributed by atoms with Gasteiger partial charge in [0.25, 0.3) is 0 Å². The summed E-state index contributed by atoms with van der Waals surface area (Å²) in [6.45, 7) is 3.20. The maximum absolute atomic E-state index is 11.2. The van der Waals surface area contributed by atoms with Gasteiger partial charge in [-0.05, 0) is 0 Å². The van der Waals surface area contributed by atoms with Crippen LogP contribution in [0.15, 0.2) is 5.16 Å². The van der Waals surface area contributed by atoms with E-state index in [1.54, 1.807) is 0 Å². The summed E-state index contributed by atoms with van der Waals surface area (Å²) >= 11 is 0. The lowest BCUT2D eigenvalue weighted by atomic mass is 10.0. The molecule has 118 valence electrons. The molecule has 1 saturated heterocycles. The largest absolute Gasteiger partial charge is 0.463 e. The Kier molecular flexibility index (Phi) is 6.10. The fraction of sp³-hybridized carbons (Fsp3) is 0.667. The summed E-state index contributed by atoms with van der Waals surface area (Å²) in [4.78, 5) is 33.2. The first-order chi connectivity index (χ1) is 9.85. The Morgan fingerprint density at radius 3 is 2.29 bits per heavy atom. The molecule has 1 fully saturated rings. The van der Waals surface area contributed by atoms with Crippen LogP contribution in [0.4, 0.5) is 0 Å². The van der Waals surface area contributed by atoms with Crippen molar-refractivity contribution in [3.63, 3.8) is 0 Å². The minimum Gasteiger partial charge on any atom is -0.463 e. The summed E-state index contributed by atoms with van der Waals surface area (Å²) in [6.07, 6.45) is -3.02. The number of oxime groups is 1. The molecule has 0 aromatic heterocycles. The maximum Gasteiger partial charge on any atom is 0.303 e. The fourth-order valence-corrected chi connectivity index (χ4v) is 1.83. The monoisotopic (exact) mass is 303 g/mol. The Hall–Kier alpha value is -2.16. The third-order valence-electron chi connectivity index (χ3n) is 2.61. The molecule has 0 radical (unpaired) electrons. The zero-order valence-electron chi connectivity index (χ0n) is 11.9. The lowest BCUT2D eigenvalue weighted by Crippen LogP contribution is -2.55. The van der Waals surface area contributed by atoms with E-state index >= 15 is 0 Å². The van der Waals surface area contributed by atoms with Crippen LogP contribution in [0.1, 0.15) is 20.8 Å². The zero-order valence-corrected chi connectivity index (χ0v) is 11.9. The summed E-state index contributed by atoms with van der Waals surface area (Å²) in [5.74, 6) is -1.83. The molecular weight excluding hydrogens is 286 g/mol. The molecule has 1 aliphatic rings. The lowest BCUT2D eigenvalue weighted by Gasteiger charge is -2.36. The van der Waals surface area contributed by atoms with E-state index in [1.165, 1.54) is 6.92 Å². The van der Waals surface area contributed by atoms with Crippen LogP contribution in [0.3, 0.4) is 0 Å². The van der Waals surface area contributed by atoms with Gasteiger partial charge in [0, 0.05) is 20.8 Å². The molecule has 1 aliphatic heterocycles. The van der Waals surface area contributed by atoms with E-state index in [0.717, 1.165) is 13.8 Å². The van der Waals surface area contributed by atoms with Crippen LogP contribution in [0.25, 0.3) is 0 Å². The highest BCUT2D eigenvalue weighted by molar-refractivity contribution is 5.92. The van der Waals surface area contributed by atoms with Crippen molar-refractivity contribution in [2.24, 2.45) is 5.16 Å². The molecule has 0 bridgehead atoms. The van der Waals surface area contributed by atoms with Crippen LogP contribution in [-0.4, -0.2) is 60.4 Å². The first kappa shape index (κ1) is 16.9. The van der Waals surface area contributed by atoms with Crippen molar-refractivity contribution < 1.29 is 38.5 Å². The summed E-state index contributed by atoms with van der Waals surface area (Å²) in [5, 5.41) is 11.9. The van der Waals surface area contributed by atoms with E-state index in [0.29, 0.717) is 0 Å². The topological polar surface area (TPSA) is 121 Å². The number of esters is 3. The molecule has 0 amide bonds. The second-order valence-electron chi connectivity index (χ2n) is 4.35. The SMILES string of the molecule is CC(=O)OC[C@H]1OC/C(=N\O)[C@H](OC(C)=O)[C@@H]1OC(C)=O. The van der Waals surface area contributed by atoms with E-state index in [1.807, 2.05) is 0 Å². The smallest absolute Gasteiger partial charge is 0.303 e. The number of hydrogen-bond acceptors (Lipinski definition) is 9. The van der Waals surface area contributed by atoms with Gasteiger partial charge in [-0.3, -0.25) is 14.4 Å². The number of hydrogen-bond donors (Lipinski definition) is 1. The van der Waals surface area contributed by atoms with Gasteiger partial charge in [0.1, 0.15) is 18.4 Å². The molecule has 0 saturated carbocycles. The molecule has 9 nitrogen and oxygen atoms in total. The van der Waals surface area contributed by atoms with E-state index in [9.17, 15) is 14.4 Å². The summed E-state index contributed by atoms with van der Waals surface area (Å²) in [7, 11) is 0. The Morgan fingerprint density at radius 1 is 1.19 bits per heavy atom. The van der Waals surface area contributed by atoms with Crippen molar-refractivity contribution in [3.05, 3.63) is 0 Å². The van der Waals surface area contributed by atoms with Crippen LogP contribution in [0.5, 0.6) is 0 Å². The van der Waals surface area contributed by atoms with Crippen LogP contribution in [-0.2, 0) is 33.3 Å². The van der Waals surface area contributed by atoms with Gasteiger partial charge in [0.15, 0.2) is 12.2 Å². The number of nitrogens with zero attached hydrogens (tertiary/aromatic N) is 1. The average molecular weight is 303 g/mol. The van der Waals surface area contributed by atoms with Crippen molar-refractivity contribution in [3.8, 4) is 0 Å². The molecule has 9 heteroatoms. The van der Waals surface area contributed by atoms with E-state index < -0.39 is 36.2 Å². The predicted octanol–water partition coefficient (Wildman–Crippen LogP) is -0.358. The quantitative estimate of drug-likeness (QED) is 0.323. The van der Waals surface area contributed by atoms with Crippen LogP contribution < -0.4 is 0 Å². The molecule has 1 heterocycles. The molecule has 0 unspecified atom stereocenters. The molecule has 0 spiro atoms. The summed E-state index contributed by atoms with van der Waals surface area (Å²) in [5.41, 5.74) is -0.00414.